The van der Waals surface area contributed by atoms with Crippen molar-refractivity contribution in [1.29, 1.82) is 0 Å². The number of aromatic nitrogens is 3. The Balaban J connectivity index is 0.000000186. The highest BCUT2D eigenvalue weighted by molar-refractivity contribution is 7.88. The molecule has 25 heavy (non-hydrogen) atoms. The van der Waals surface area contributed by atoms with Crippen molar-refractivity contribution in [2.24, 2.45) is 5.14 Å². The minimum Gasteiger partial charge on any atom is -0.415 e. The summed E-state index contributed by atoms with van der Waals surface area (Å²) in [6.07, 6.45) is 0.282. The van der Waals surface area contributed by atoms with Gasteiger partial charge in [-0.2, -0.15) is 8.78 Å². The van der Waals surface area contributed by atoms with Crippen molar-refractivity contribution >= 4 is 10.0 Å². The van der Waals surface area contributed by atoms with Crippen LogP contribution in [0.5, 0.6) is 0 Å². The van der Waals surface area contributed by atoms with E-state index in [0.717, 1.165) is 5.56 Å². The summed E-state index contributed by atoms with van der Waals surface area (Å²) in [6, 6.07) is 12.1. The molecule has 2 heterocycles. The minimum atomic E-state index is -3.38. The summed E-state index contributed by atoms with van der Waals surface area (Å²) in [6.45, 7) is 0. The number of pyridine rings is 1. The quantitative estimate of drug-likeness (QED) is 0.757. The van der Waals surface area contributed by atoms with E-state index in [-0.39, 0.29) is 11.6 Å². The highest BCUT2D eigenvalue weighted by Gasteiger charge is 2.16. The van der Waals surface area contributed by atoms with Crippen LogP contribution in [-0.4, -0.2) is 23.6 Å². The monoisotopic (exact) mass is 368 g/mol. The molecule has 0 aliphatic heterocycles. The summed E-state index contributed by atoms with van der Waals surface area (Å²) in [4.78, 5) is 3.80. The molecule has 0 spiro atoms. The minimum absolute atomic E-state index is 0.0494. The first-order valence-electron chi connectivity index (χ1n) is 6.91. The maximum Gasteiger partial charge on any atom is 0.314 e. The molecule has 10 heteroatoms. The van der Waals surface area contributed by atoms with E-state index in [1.165, 1.54) is 6.20 Å². The van der Waals surface area contributed by atoms with Crippen molar-refractivity contribution in [2.45, 2.75) is 12.2 Å². The molecule has 0 aliphatic carbocycles. The average molecular weight is 368 g/mol. The number of benzene rings is 1. The van der Waals surface area contributed by atoms with Gasteiger partial charge >= 0.3 is 6.43 Å². The number of nitrogens with zero attached hydrogens (tertiary/aromatic N) is 3. The van der Waals surface area contributed by atoms with E-state index in [1.807, 2.05) is 6.07 Å². The van der Waals surface area contributed by atoms with E-state index in [0.29, 0.717) is 5.56 Å². The lowest BCUT2D eigenvalue weighted by Gasteiger charge is -1.96. The first-order valence-corrected chi connectivity index (χ1v) is 8.63. The van der Waals surface area contributed by atoms with Gasteiger partial charge in [-0.05, 0) is 17.7 Å². The van der Waals surface area contributed by atoms with Gasteiger partial charge in [0.1, 0.15) is 0 Å². The molecular formula is C15H14F2N4O3S. The van der Waals surface area contributed by atoms with Gasteiger partial charge in [-0.3, -0.25) is 4.98 Å². The van der Waals surface area contributed by atoms with Gasteiger partial charge in [0.25, 0.3) is 5.89 Å². The van der Waals surface area contributed by atoms with Gasteiger partial charge in [0.2, 0.25) is 15.9 Å². The first kappa shape index (κ1) is 18.6. The molecule has 0 saturated carbocycles. The number of primary sulfonamides is 1. The predicted molar refractivity (Wildman–Crippen MR) is 85.7 cm³/mol. The van der Waals surface area contributed by atoms with Gasteiger partial charge < -0.3 is 4.42 Å². The second kappa shape index (κ2) is 8.40. The molecule has 0 unspecified atom stereocenters. The van der Waals surface area contributed by atoms with E-state index in [9.17, 15) is 17.2 Å². The van der Waals surface area contributed by atoms with Crippen molar-refractivity contribution in [1.82, 2.24) is 15.2 Å². The van der Waals surface area contributed by atoms with Crippen molar-refractivity contribution in [2.75, 3.05) is 0 Å². The van der Waals surface area contributed by atoms with Crippen LogP contribution < -0.4 is 5.14 Å². The smallest absolute Gasteiger partial charge is 0.314 e. The molecular weight excluding hydrogens is 354 g/mol. The molecule has 0 fully saturated rings. The Bertz CT molecular complexity index is 887. The molecule has 0 radical (unpaired) electrons. The van der Waals surface area contributed by atoms with Crippen LogP contribution in [0.4, 0.5) is 8.78 Å². The number of sulfonamides is 1. The van der Waals surface area contributed by atoms with Crippen LogP contribution >= 0.6 is 0 Å². The second-order valence-corrected chi connectivity index (χ2v) is 6.40. The molecule has 2 N–H and O–H groups in total. The van der Waals surface area contributed by atoms with Crippen LogP contribution in [-0.2, 0) is 15.8 Å². The van der Waals surface area contributed by atoms with Gasteiger partial charge in [0.15, 0.2) is 0 Å². The van der Waals surface area contributed by atoms with E-state index in [2.05, 4.69) is 15.2 Å². The third-order valence-corrected chi connectivity index (χ3v) is 3.48. The molecule has 3 aromatic rings. The average Bonchev–Trinajstić information content (AvgIpc) is 3.06. The number of hydrogen-bond donors (Lipinski definition) is 1. The van der Waals surface area contributed by atoms with Gasteiger partial charge in [-0.25, -0.2) is 13.6 Å². The fraction of sp³-hybridized carbons (Fsp3) is 0.133. The molecule has 0 amide bonds. The van der Waals surface area contributed by atoms with Crippen LogP contribution in [0.3, 0.4) is 0 Å². The Hall–Kier alpha value is -2.72. The third kappa shape index (κ3) is 6.36. The van der Waals surface area contributed by atoms with Crippen LogP contribution in [0.2, 0.25) is 0 Å². The highest BCUT2D eigenvalue weighted by Crippen LogP contribution is 2.21. The number of nitrogens with two attached hydrogens (primary N) is 1. The van der Waals surface area contributed by atoms with Crippen molar-refractivity contribution in [3.05, 3.63) is 66.3 Å². The lowest BCUT2D eigenvalue weighted by Crippen LogP contribution is -2.14. The SMILES string of the molecule is FC(F)c1nnc(-c2cccnc2)o1.NS(=O)(=O)Cc1ccccc1. The van der Waals surface area contributed by atoms with E-state index >= 15 is 0 Å². The van der Waals surface area contributed by atoms with E-state index < -0.39 is 22.3 Å². The maximum absolute atomic E-state index is 12.1. The fourth-order valence-corrected chi connectivity index (χ4v) is 2.39. The summed E-state index contributed by atoms with van der Waals surface area (Å²) in [5.41, 5.74) is 1.24. The van der Waals surface area contributed by atoms with Crippen molar-refractivity contribution in [3.63, 3.8) is 0 Å². The highest BCUT2D eigenvalue weighted by atomic mass is 32.2. The molecule has 0 saturated heterocycles. The summed E-state index contributed by atoms with van der Waals surface area (Å²) in [5, 5.41) is 11.5. The number of alkyl halides is 2. The van der Waals surface area contributed by atoms with Crippen LogP contribution in [0, 0.1) is 0 Å². The number of rotatable bonds is 4. The zero-order valence-electron chi connectivity index (χ0n) is 12.8. The topological polar surface area (TPSA) is 112 Å². The maximum atomic E-state index is 12.1. The zero-order chi connectivity index (χ0) is 18.3. The van der Waals surface area contributed by atoms with Crippen molar-refractivity contribution in [3.8, 4) is 11.5 Å². The summed E-state index contributed by atoms with van der Waals surface area (Å²) >= 11 is 0. The lowest BCUT2D eigenvalue weighted by molar-refractivity contribution is 0.116. The van der Waals surface area contributed by atoms with Crippen LogP contribution in [0.15, 0.2) is 59.3 Å². The number of hydrogen-bond acceptors (Lipinski definition) is 6. The van der Waals surface area contributed by atoms with Gasteiger partial charge in [-0.1, -0.05) is 30.3 Å². The van der Waals surface area contributed by atoms with E-state index in [1.54, 1.807) is 42.6 Å². The molecule has 7 nitrogen and oxygen atoms in total. The van der Waals surface area contributed by atoms with E-state index in [4.69, 9.17) is 9.56 Å². The standard InChI is InChI=1S/C8H5F2N3O.C7H9NO2S/c9-6(10)8-13-12-7(14-8)5-2-1-3-11-4-5;8-11(9,10)6-7-4-2-1-3-5-7/h1-4,6H;1-5H,6H2,(H2,8,9,10). The Morgan fingerprint density at radius 1 is 1.08 bits per heavy atom. The summed E-state index contributed by atoms with van der Waals surface area (Å²) in [7, 11) is -3.38. The normalized spacial score (nSPS) is 11.0. The molecule has 0 aliphatic rings. The summed E-state index contributed by atoms with van der Waals surface area (Å²) < 4.78 is 50.0. The third-order valence-electron chi connectivity index (χ3n) is 2.75. The Labute approximate surface area is 142 Å². The molecule has 0 atom stereocenters. The summed E-state index contributed by atoms with van der Waals surface area (Å²) in [5.74, 6) is -0.717. The molecule has 2 aromatic heterocycles. The first-order chi connectivity index (χ1) is 11.8. The molecule has 1 aromatic carbocycles. The second-order valence-electron chi connectivity index (χ2n) is 4.78. The Morgan fingerprint density at radius 2 is 1.80 bits per heavy atom. The van der Waals surface area contributed by atoms with Gasteiger partial charge in [0.05, 0.1) is 11.3 Å². The largest absolute Gasteiger partial charge is 0.415 e. The van der Waals surface area contributed by atoms with Crippen LogP contribution in [0.25, 0.3) is 11.5 Å². The van der Waals surface area contributed by atoms with Gasteiger partial charge in [-0.15, -0.1) is 10.2 Å². The van der Waals surface area contributed by atoms with Crippen LogP contribution in [0.1, 0.15) is 17.9 Å². The van der Waals surface area contributed by atoms with Gasteiger partial charge in [0, 0.05) is 12.4 Å². The van der Waals surface area contributed by atoms with Crippen molar-refractivity contribution < 1.29 is 21.6 Å². The lowest BCUT2D eigenvalue weighted by atomic mass is 10.2. The molecule has 132 valence electrons. The zero-order valence-corrected chi connectivity index (χ0v) is 13.6. The molecule has 0 bridgehead atoms. The predicted octanol–water partition coefficient (Wildman–Crippen LogP) is 2.54. The Kier molecular flexibility index (Phi) is 6.25. The number of halogens is 2. The molecule has 3 rings (SSSR count). The fourth-order valence-electron chi connectivity index (χ4n) is 1.74. The Morgan fingerprint density at radius 3 is 2.32 bits per heavy atom.